The van der Waals surface area contributed by atoms with Gasteiger partial charge in [-0.05, 0) is 53.1 Å². The van der Waals surface area contributed by atoms with Crippen LogP contribution < -0.4 is 0 Å². The molecule has 0 nitrogen and oxygen atoms in total. The van der Waals surface area contributed by atoms with Crippen molar-refractivity contribution >= 4 is 22.6 Å². The Kier molecular flexibility index (Phi) is 4.41. The summed E-state index contributed by atoms with van der Waals surface area (Å²) < 4.78 is 28.9. The van der Waals surface area contributed by atoms with Crippen LogP contribution in [0.4, 0.5) is 8.78 Å². The second-order valence-corrected chi connectivity index (χ2v) is 6.26. The lowest BCUT2D eigenvalue weighted by molar-refractivity contribution is 0.101. The lowest BCUT2D eigenvalue weighted by Crippen LogP contribution is -2.32. The number of hydrogen-bond donors (Lipinski definition) is 0. The van der Waals surface area contributed by atoms with E-state index in [1.165, 1.54) is 18.6 Å². The molecule has 1 fully saturated rings. The molecule has 0 spiro atoms. The predicted molar refractivity (Wildman–Crippen MR) is 78.9 cm³/mol. The third kappa shape index (κ3) is 2.60. The maximum absolute atomic E-state index is 15.4. The van der Waals surface area contributed by atoms with E-state index in [1.807, 2.05) is 22.6 Å². The minimum Gasteiger partial charge on any atom is -0.233 e. The van der Waals surface area contributed by atoms with Crippen LogP contribution in [0.25, 0.3) is 0 Å². The SMILES string of the molecule is C=C(I)C(F)(c1ccc(F)cc1)C1CCCCC1. The fraction of sp³-hybridized carbons (Fsp3) is 0.467. The lowest BCUT2D eigenvalue weighted by atomic mass is 9.74. The number of rotatable bonds is 3. The Bertz CT molecular complexity index is 421. The molecule has 0 N–H and O–H groups in total. The first-order valence-corrected chi connectivity index (χ1v) is 7.43. The molecule has 18 heavy (non-hydrogen) atoms. The molecule has 0 saturated heterocycles. The topological polar surface area (TPSA) is 0 Å². The van der Waals surface area contributed by atoms with Gasteiger partial charge in [-0.2, -0.15) is 0 Å². The highest BCUT2D eigenvalue weighted by Crippen LogP contribution is 2.48. The van der Waals surface area contributed by atoms with Gasteiger partial charge in [-0.1, -0.05) is 38.0 Å². The average Bonchev–Trinajstić information content (AvgIpc) is 2.39. The van der Waals surface area contributed by atoms with Crippen molar-refractivity contribution in [2.45, 2.75) is 37.8 Å². The molecule has 0 aromatic heterocycles. The van der Waals surface area contributed by atoms with E-state index in [1.54, 1.807) is 12.1 Å². The van der Waals surface area contributed by atoms with Gasteiger partial charge < -0.3 is 0 Å². The van der Waals surface area contributed by atoms with Crippen LogP contribution in [-0.4, -0.2) is 0 Å². The molecule has 1 aromatic carbocycles. The number of halogens is 3. The molecule has 1 aromatic rings. The first-order valence-electron chi connectivity index (χ1n) is 6.35. The third-order valence-electron chi connectivity index (χ3n) is 3.83. The summed E-state index contributed by atoms with van der Waals surface area (Å²) in [5, 5.41) is 0. The van der Waals surface area contributed by atoms with E-state index in [-0.39, 0.29) is 11.7 Å². The van der Waals surface area contributed by atoms with Crippen molar-refractivity contribution in [3.63, 3.8) is 0 Å². The summed E-state index contributed by atoms with van der Waals surface area (Å²) in [6.45, 7) is 3.82. The van der Waals surface area contributed by atoms with Crippen molar-refractivity contribution in [1.82, 2.24) is 0 Å². The minimum atomic E-state index is -1.52. The van der Waals surface area contributed by atoms with E-state index >= 15 is 4.39 Å². The Morgan fingerprint density at radius 3 is 2.22 bits per heavy atom. The Hall–Kier alpha value is -0.450. The molecule has 98 valence electrons. The van der Waals surface area contributed by atoms with Gasteiger partial charge in [0.15, 0.2) is 5.67 Å². The molecule has 0 radical (unpaired) electrons. The monoisotopic (exact) mass is 362 g/mol. The molecular weight excluding hydrogens is 345 g/mol. The fourth-order valence-electron chi connectivity index (χ4n) is 2.81. The van der Waals surface area contributed by atoms with Crippen molar-refractivity contribution in [2.24, 2.45) is 5.92 Å². The standard InChI is InChI=1S/C15H17F2I/c1-11(18)15(17,12-5-3-2-4-6-12)13-7-9-14(16)10-8-13/h7-10,12H,1-6H2. The van der Waals surface area contributed by atoms with Gasteiger partial charge in [-0.15, -0.1) is 0 Å². The first-order chi connectivity index (χ1) is 8.55. The van der Waals surface area contributed by atoms with E-state index in [0.717, 1.165) is 25.7 Å². The van der Waals surface area contributed by atoms with Gasteiger partial charge in [-0.3, -0.25) is 0 Å². The molecule has 1 saturated carbocycles. The molecule has 0 amide bonds. The Morgan fingerprint density at radius 2 is 1.72 bits per heavy atom. The summed E-state index contributed by atoms with van der Waals surface area (Å²) in [5.74, 6) is -0.357. The van der Waals surface area contributed by atoms with E-state index in [4.69, 9.17) is 0 Å². The molecule has 1 aliphatic carbocycles. The molecule has 2 rings (SSSR count). The number of allylic oxidation sites excluding steroid dienone is 1. The average molecular weight is 362 g/mol. The van der Waals surface area contributed by atoms with Gasteiger partial charge in [-0.25, -0.2) is 8.78 Å². The molecule has 1 aliphatic rings. The predicted octanol–water partition coefficient (Wildman–Crippen LogP) is 5.52. The van der Waals surface area contributed by atoms with Gasteiger partial charge in [0.05, 0.1) is 0 Å². The second-order valence-electron chi connectivity index (χ2n) is 4.96. The van der Waals surface area contributed by atoms with Crippen LogP contribution in [0.15, 0.2) is 34.4 Å². The highest BCUT2D eigenvalue weighted by atomic mass is 127. The second kappa shape index (κ2) is 5.68. The van der Waals surface area contributed by atoms with Gasteiger partial charge in [0, 0.05) is 9.50 Å². The summed E-state index contributed by atoms with van der Waals surface area (Å²) in [5.41, 5.74) is -0.982. The van der Waals surface area contributed by atoms with E-state index in [9.17, 15) is 4.39 Å². The molecular formula is C15H17F2I. The van der Waals surface area contributed by atoms with E-state index < -0.39 is 5.67 Å². The Morgan fingerprint density at radius 1 is 1.17 bits per heavy atom. The van der Waals surface area contributed by atoms with E-state index in [0.29, 0.717) is 9.14 Å². The molecule has 3 heteroatoms. The van der Waals surface area contributed by atoms with Crippen molar-refractivity contribution in [3.8, 4) is 0 Å². The third-order valence-corrected chi connectivity index (χ3v) is 4.61. The Labute approximate surface area is 121 Å². The smallest absolute Gasteiger partial charge is 0.168 e. The minimum absolute atomic E-state index is 0.0267. The summed E-state index contributed by atoms with van der Waals surface area (Å²) >= 11 is 1.97. The van der Waals surface area contributed by atoms with Crippen LogP contribution in [0.3, 0.4) is 0 Å². The molecule has 0 aliphatic heterocycles. The molecule has 1 unspecified atom stereocenters. The van der Waals surface area contributed by atoms with Crippen LogP contribution in [0, 0.1) is 11.7 Å². The van der Waals surface area contributed by atoms with Crippen LogP contribution in [0.5, 0.6) is 0 Å². The normalized spacial score (nSPS) is 20.4. The zero-order valence-corrected chi connectivity index (χ0v) is 12.4. The summed E-state index contributed by atoms with van der Waals surface area (Å²) in [7, 11) is 0. The Balaban J connectivity index is 2.36. The molecule has 0 heterocycles. The number of benzene rings is 1. The van der Waals surface area contributed by atoms with Crippen LogP contribution in [0.1, 0.15) is 37.7 Å². The highest BCUT2D eigenvalue weighted by molar-refractivity contribution is 14.1. The number of alkyl halides is 1. The van der Waals surface area contributed by atoms with Crippen LogP contribution in [0.2, 0.25) is 0 Å². The van der Waals surface area contributed by atoms with Gasteiger partial charge in [0.1, 0.15) is 5.82 Å². The zero-order valence-electron chi connectivity index (χ0n) is 10.3. The lowest BCUT2D eigenvalue weighted by Gasteiger charge is -2.36. The maximum atomic E-state index is 15.4. The highest BCUT2D eigenvalue weighted by Gasteiger charge is 2.42. The zero-order chi connectivity index (χ0) is 13.2. The quantitative estimate of drug-likeness (QED) is 0.621. The van der Waals surface area contributed by atoms with Gasteiger partial charge in [0.25, 0.3) is 0 Å². The van der Waals surface area contributed by atoms with E-state index in [2.05, 4.69) is 6.58 Å². The van der Waals surface area contributed by atoms with Crippen molar-refractivity contribution < 1.29 is 8.78 Å². The van der Waals surface area contributed by atoms with Gasteiger partial charge in [0.2, 0.25) is 0 Å². The number of hydrogen-bond acceptors (Lipinski definition) is 0. The van der Waals surface area contributed by atoms with Crippen molar-refractivity contribution in [3.05, 3.63) is 45.8 Å². The summed E-state index contributed by atoms with van der Waals surface area (Å²) in [6, 6.07) is 5.75. The summed E-state index contributed by atoms with van der Waals surface area (Å²) in [4.78, 5) is 0. The molecule has 0 bridgehead atoms. The first kappa shape index (κ1) is 14.0. The van der Waals surface area contributed by atoms with Gasteiger partial charge >= 0.3 is 0 Å². The maximum Gasteiger partial charge on any atom is 0.168 e. The van der Waals surface area contributed by atoms with Crippen LogP contribution in [-0.2, 0) is 5.67 Å². The summed E-state index contributed by atoms with van der Waals surface area (Å²) in [6.07, 6.45) is 5.10. The molecule has 1 atom stereocenters. The van der Waals surface area contributed by atoms with Crippen molar-refractivity contribution in [2.75, 3.05) is 0 Å². The largest absolute Gasteiger partial charge is 0.233 e. The van der Waals surface area contributed by atoms with Crippen molar-refractivity contribution in [1.29, 1.82) is 0 Å². The van der Waals surface area contributed by atoms with Crippen LogP contribution >= 0.6 is 22.6 Å². The fourth-order valence-corrected chi connectivity index (χ4v) is 3.56.